The van der Waals surface area contributed by atoms with E-state index in [1.54, 1.807) is 59.9 Å². The van der Waals surface area contributed by atoms with Gasteiger partial charge in [-0.2, -0.15) is 4.31 Å². The largest absolute Gasteiger partial charge is 0.345 e. The predicted molar refractivity (Wildman–Crippen MR) is 125 cm³/mol. The maximum absolute atomic E-state index is 13.1. The van der Waals surface area contributed by atoms with Crippen molar-refractivity contribution in [2.75, 3.05) is 26.2 Å². The van der Waals surface area contributed by atoms with Crippen LogP contribution >= 0.6 is 11.6 Å². The van der Waals surface area contributed by atoms with Crippen molar-refractivity contribution in [1.29, 1.82) is 0 Å². The lowest BCUT2D eigenvalue weighted by molar-refractivity contribution is 0.0697. The highest BCUT2D eigenvalue weighted by Gasteiger charge is 2.31. The molecule has 168 valence electrons. The van der Waals surface area contributed by atoms with Gasteiger partial charge in [0, 0.05) is 66.3 Å². The molecule has 0 atom stereocenters. The van der Waals surface area contributed by atoms with Crippen molar-refractivity contribution >= 4 is 38.4 Å². The van der Waals surface area contributed by atoms with Gasteiger partial charge in [-0.25, -0.2) is 8.42 Å². The third-order valence-electron chi connectivity index (χ3n) is 5.69. The van der Waals surface area contributed by atoms with Gasteiger partial charge in [0.2, 0.25) is 0 Å². The summed E-state index contributed by atoms with van der Waals surface area (Å²) in [5, 5.41) is 1.40. The van der Waals surface area contributed by atoms with Gasteiger partial charge in [0.25, 0.3) is 15.9 Å². The van der Waals surface area contributed by atoms with Crippen LogP contribution in [0.15, 0.2) is 72.1 Å². The molecule has 0 aliphatic carbocycles. The minimum atomic E-state index is -3.71. The second-order valence-electron chi connectivity index (χ2n) is 7.73. The first-order valence-electron chi connectivity index (χ1n) is 10.4. The Morgan fingerprint density at radius 1 is 0.970 bits per heavy atom. The summed E-state index contributed by atoms with van der Waals surface area (Å²) in [5.74, 6) is -0.166. The van der Waals surface area contributed by atoms with Gasteiger partial charge in [0.15, 0.2) is 0 Å². The Bertz CT molecular complexity index is 1410. The van der Waals surface area contributed by atoms with Gasteiger partial charge in [-0.05, 0) is 48.5 Å². The number of carbonyl (C=O) groups is 1. The van der Waals surface area contributed by atoms with Crippen LogP contribution in [-0.2, 0) is 10.0 Å². The molecule has 4 heterocycles. The summed E-state index contributed by atoms with van der Waals surface area (Å²) in [6.45, 7) is 1.03. The minimum absolute atomic E-state index is 0.121. The number of nitrogens with zero attached hydrogens (tertiary/aromatic N) is 4. The van der Waals surface area contributed by atoms with E-state index in [-0.39, 0.29) is 24.0 Å². The molecule has 1 N–H and O–H groups in total. The summed E-state index contributed by atoms with van der Waals surface area (Å²) < 4.78 is 27.6. The Kier molecular flexibility index (Phi) is 5.61. The Labute approximate surface area is 195 Å². The summed E-state index contributed by atoms with van der Waals surface area (Å²) in [6, 6.07) is 14.0. The molecule has 33 heavy (non-hydrogen) atoms. The summed E-state index contributed by atoms with van der Waals surface area (Å²) in [4.78, 5) is 25.9. The number of hydrogen-bond acceptors (Lipinski definition) is 5. The monoisotopic (exact) mass is 481 g/mol. The molecule has 0 spiro atoms. The number of piperazine rings is 1. The van der Waals surface area contributed by atoms with Gasteiger partial charge >= 0.3 is 0 Å². The van der Waals surface area contributed by atoms with Crippen LogP contribution < -0.4 is 0 Å². The van der Waals surface area contributed by atoms with Crippen molar-refractivity contribution < 1.29 is 13.2 Å². The van der Waals surface area contributed by atoms with E-state index >= 15 is 0 Å². The van der Waals surface area contributed by atoms with Gasteiger partial charge < -0.3 is 9.88 Å². The molecule has 1 fully saturated rings. The molecule has 5 rings (SSSR count). The quantitative estimate of drug-likeness (QED) is 0.481. The SMILES string of the molecule is O=C(c1ccc(-c2ccncc2)nc1)N1CCN(S(=O)(=O)c2cc3cc(Cl)ccc3[nH]2)CC1. The zero-order valence-electron chi connectivity index (χ0n) is 17.5. The number of carbonyl (C=O) groups excluding carboxylic acids is 1. The number of benzene rings is 1. The van der Waals surface area contributed by atoms with Crippen LogP contribution in [0.3, 0.4) is 0 Å². The van der Waals surface area contributed by atoms with E-state index in [0.717, 1.165) is 16.6 Å². The third-order valence-corrected chi connectivity index (χ3v) is 7.74. The van der Waals surface area contributed by atoms with E-state index in [1.807, 2.05) is 12.1 Å². The Hall–Kier alpha value is -3.27. The highest BCUT2D eigenvalue weighted by atomic mass is 35.5. The van der Waals surface area contributed by atoms with E-state index in [2.05, 4.69) is 15.0 Å². The van der Waals surface area contributed by atoms with Crippen molar-refractivity contribution in [2.45, 2.75) is 5.03 Å². The Morgan fingerprint density at radius 2 is 1.73 bits per heavy atom. The second-order valence-corrected chi connectivity index (χ2v) is 10.1. The molecule has 0 bridgehead atoms. The molecule has 3 aromatic heterocycles. The molecule has 1 aromatic carbocycles. The zero-order valence-corrected chi connectivity index (χ0v) is 19.1. The highest BCUT2D eigenvalue weighted by Crippen LogP contribution is 2.25. The molecule has 0 radical (unpaired) electrons. The standard InChI is InChI=1S/C23H20ClN5O3S/c24-19-2-4-21-18(13-19)14-22(27-21)33(31,32)29-11-9-28(10-12-29)23(30)17-1-3-20(26-15-17)16-5-7-25-8-6-16/h1-8,13-15,27H,9-12H2. The molecular formula is C23H20ClN5O3S. The topological polar surface area (TPSA) is 99.3 Å². The zero-order chi connectivity index (χ0) is 23.0. The Balaban J connectivity index is 1.26. The number of aromatic nitrogens is 3. The first kappa shape index (κ1) is 21.6. The number of hydrogen-bond donors (Lipinski definition) is 1. The number of aromatic amines is 1. The van der Waals surface area contributed by atoms with Crippen LogP contribution in [0.5, 0.6) is 0 Å². The lowest BCUT2D eigenvalue weighted by Crippen LogP contribution is -2.50. The molecule has 8 nitrogen and oxygen atoms in total. The molecule has 1 aliphatic rings. The first-order chi connectivity index (χ1) is 15.9. The van der Waals surface area contributed by atoms with Gasteiger partial charge in [0.1, 0.15) is 5.03 Å². The number of pyridine rings is 2. The number of amides is 1. The van der Waals surface area contributed by atoms with Crippen LogP contribution in [0.2, 0.25) is 5.02 Å². The molecule has 1 saturated heterocycles. The average molecular weight is 482 g/mol. The molecule has 4 aromatic rings. The number of sulfonamides is 1. The molecule has 1 amide bonds. The second kappa shape index (κ2) is 8.58. The van der Waals surface area contributed by atoms with Crippen molar-refractivity contribution in [2.24, 2.45) is 0 Å². The number of H-pyrrole nitrogens is 1. The van der Waals surface area contributed by atoms with Crippen LogP contribution in [-0.4, -0.2) is 64.7 Å². The lowest BCUT2D eigenvalue weighted by Gasteiger charge is -2.33. The van der Waals surface area contributed by atoms with E-state index in [4.69, 9.17) is 11.6 Å². The summed E-state index contributed by atoms with van der Waals surface area (Å²) in [5.41, 5.74) is 2.85. The van der Waals surface area contributed by atoms with Gasteiger partial charge in [-0.1, -0.05) is 11.6 Å². The maximum atomic E-state index is 13.1. The fourth-order valence-electron chi connectivity index (χ4n) is 3.88. The van der Waals surface area contributed by atoms with E-state index in [1.165, 1.54) is 4.31 Å². The summed E-state index contributed by atoms with van der Waals surface area (Å²) in [6.07, 6.45) is 4.93. The van der Waals surface area contributed by atoms with Gasteiger partial charge in [-0.3, -0.25) is 14.8 Å². The summed E-state index contributed by atoms with van der Waals surface area (Å²) in [7, 11) is -3.71. The minimum Gasteiger partial charge on any atom is -0.345 e. The van der Waals surface area contributed by atoms with Crippen molar-refractivity contribution in [3.05, 3.63) is 77.7 Å². The van der Waals surface area contributed by atoms with Crippen LogP contribution in [0.25, 0.3) is 22.2 Å². The number of halogens is 1. The molecule has 0 saturated carbocycles. The van der Waals surface area contributed by atoms with Crippen molar-refractivity contribution in [3.63, 3.8) is 0 Å². The predicted octanol–water partition coefficient (Wildman–Crippen LogP) is 3.43. The third kappa shape index (κ3) is 4.22. The summed E-state index contributed by atoms with van der Waals surface area (Å²) >= 11 is 6.01. The van der Waals surface area contributed by atoms with E-state index < -0.39 is 10.0 Å². The van der Waals surface area contributed by atoms with Gasteiger partial charge in [-0.15, -0.1) is 0 Å². The molecule has 1 aliphatic heterocycles. The maximum Gasteiger partial charge on any atom is 0.258 e. The molecule has 0 unspecified atom stereocenters. The molecule has 10 heteroatoms. The van der Waals surface area contributed by atoms with Crippen LogP contribution in [0, 0.1) is 0 Å². The van der Waals surface area contributed by atoms with E-state index in [0.29, 0.717) is 29.2 Å². The highest BCUT2D eigenvalue weighted by molar-refractivity contribution is 7.89. The molecular weight excluding hydrogens is 462 g/mol. The average Bonchev–Trinajstić information content (AvgIpc) is 3.28. The van der Waals surface area contributed by atoms with Crippen molar-refractivity contribution in [1.82, 2.24) is 24.2 Å². The fourth-order valence-corrected chi connectivity index (χ4v) is 5.50. The van der Waals surface area contributed by atoms with Gasteiger partial charge in [0.05, 0.1) is 11.3 Å². The fraction of sp³-hybridized carbons (Fsp3) is 0.174. The lowest BCUT2D eigenvalue weighted by atomic mass is 10.1. The first-order valence-corrected chi connectivity index (χ1v) is 12.2. The number of nitrogens with one attached hydrogen (secondary N) is 1. The number of fused-ring (bicyclic) bond motifs is 1. The van der Waals surface area contributed by atoms with Crippen molar-refractivity contribution in [3.8, 4) is 11.3 Å². The van der Waals surface area contributed by atoms with E-state index in [9.17, 15) is 13.2 Å². The van der Waals surface area contributed by atoms with Crippen LogP contribution in [0.4, 0.5) is 0 Å². The normalized spacial score (nSPS) is 15.1. The smallest absolute Gasteiger partial charge is 0.258 e. The van der Waals surface area contributed by atoms with Crippen LogP contribution in [0.1, 0.15) is 10.4 Å². The number of rotatable bonds is 4. The Morgan fingerprint density at radius 3 is 2.42 bits per heavy atom.